The molecule has 0 aliphatic rings. The molecule has 0 radical (unpaired) electrons. The fourth-order valence-electron chi connectivity index (χ4n) is 1.09. The third-order valence-corrected chi connectivity index (χ3v) is 1.88. The Morgan fingerprint density at radius 3 is 3.14 bits per heavy atom. The third-order valence-electron chi connectivity index (χ3n) is 1.88. The van der Waals surface area contributed by atoms with Crippen molar-refractivity contribution in [1.82, 2.24) is 14.9 Å². The van der Waals surface area contributed by atoms with E-state index in [2.05, 4.69) is 15.5 Å². The van der Waals surface area contributed by atoms with Crippen molar-refractivity contribution >= 4 is 5.84 Å². The van der Waals surface area contributed by atoms with Crippen LogP contribution < -0.4 is 11.1 Å². The lowest BCUT2D eigenvalue weighted by Crippen LogP contribution is -2.30. The molecule has 0 unspecified atom stereocenters. The number of nitrogens with two attached hydrogens (primary N) is 1. The van der Waals surface area contributed by atoms with Crippen LogP contribution in [-0.2, 0) is 13.5 Å². The van der Waals surface area contributed by atoms with Gasteiger partial charge in [-0.15, -0.1) is 0 Å². The summed E-state index contributed by atoms with van der Waals surface area (Å²) in [5.41, 5.74) is 5.28. The summed E-state index contributed by atoms with van der Waals surface area (Å²) in [6.07, 6.45) is 4.49. The van der Waals surface area contributed by atoms with Crippen LogP contribution in [0.25, 0.3) is 0 Å². The average Bonchev–Trinajstić information content (AvgIpc) is 2.58. The molecule has 0 saturated heterocycles. The summed E-state index contributed by atoms with van der Waals surface area (Å²) < 4.78 is 1.96. The Bertz CT molecular complexity index is 306. The number of nitrogens with zero attached hydrogens (tertiary/aromatic N) is 3. The lowest BCUT2D eigenvalue weighted by Gasteiger charge is -2.03. The van der Waals surface area contributed by atoms with Gasteiger partial charge in [-0.1, -0.05) is 5.16 Å². The van der Waals surface area contributed by atoms with Gasteiger partial charge in [0.2, 0.25) is 0 Å². The number of oxime groups is 1. The lowest BCUT2D eigenvalue weighted by molar-refractivity contribution is 0.317. The Morgan fingerprint density at radius 2 is 2.57 bits per heavy atom. The molecule has 0 atom stereocenters. The first-order chi connectivity index (χ1) is 6.74. The molecular weight excluding hydrogens is 182 g/mol. The van der Waals surface area contributed by atoms with Gasteiger partial charge in [0.1, 0.15) is 5.82 Å². The highest BCUT2D eigenvalue weighted by Crippen LogP contribution is 1.93. The second-order valence-electron chi connectivity index (χ2n) is 2.97. The molecule has 1 aromatic rings. The van der Waals surface area contributed by atoms with E-state index in [1.807, 2.05) is 17.8 Å². The SMILES string of the molecule is Cn1ccnc1CCNCC(N)=NO. The molecule has 0 saturated carbocycles. The number of aromatic nitrogens is 2. The minimum absolute atomic E-state index is 0.185. The van der Waals surface area contributed by atoms with Gasteiger partial charge < -0.3 is 20.8 Å². The Labute approximate surface area is 82.4 Å². The van der Waals surface area contributed by atoms with Crippen molar-refractivity contribution in [2.45, 2.75) is 6.42 Å². The van der Waals surface area contributed by atoms with Crippen LogP contribution in [0.4, 0.5) is 0 Å². The van der Waals surface area contributed by atoms with Gasteiger partial charge in [-0.25, -0.2) is 4.98 Å². The smallest absolute Gasteiger partial charge is 0.153 e. The van der Waals surface area contributed by atoms with Crippen molar-refractivity contribution in [1.29, 1.82) is 0 Å². The van der Waals surface area contributed by atoms with E-state index in [4.69, 9.17) is 10.9 Å². The van der Waals surface area contributed by atoms with E-state index in [-0.39, 0.29) is 5.84 Å². The van der Waals surface area contributed by atoms with Crippen molar-refractivity contribution < 1.29 is 5.21 Å². The molecule has 0 amide bonds. The molecule has 4 N–H and O–H groups in total. The average molecular weight is 197 g/mol. The maximum absolute atomic E-state index is 8.27. The lowest BCUT2D eigenvalue weighted by atomic mass is 10.4. The topological polar surface area (TPSA) is 88.5 Å². The van der Waals surface area contributed by atoms with Crippen molar-refractivity contribution in [3.63, 3.8) is 0 Å². The van der Waals surface area contributed by atoms with Gasteiger partial charge in [-0.2, -0.15) is 0 Å². The number of amidine groups is 1. The molecule has 6 heteroatoms. The van der Waals surface area contributed by atoms with Gasteiger partial charge >= 0.3 is 0 Å². The van der Waals surface area contributed by atoms with E-state index in [1.54, 1.807) is 6.20 Å². The van der Waals surface area contributed by atoms with E-state index in [9.17, 15) is 0 Å². The van der Waals surface area contributed by atoms with Crippen molar-refractivity contribution in [2.24, 2.45) is 17.9 Å². The fraction of sp³-hybridized carbons (Fsp3) is 0.500. The maximum atomic E-state index is 8.27. The van der Waals surface area contributed by atoms with Crippen LogP contribution in [-0.4, -0.2) is 33.7 Å². The van der Waals surface area contributed by atoms with Crippen LogP contribution in [0.1, 0.15) is 5.82 Å². The number of aryl methyl sites for hydroxylation is 1. The second-order valence-corrected chi connectivity index (χ2v) is 2.97. The Hall–Kier alpha value is -1.56. The zero-order valence-corrected chi connectivity index (χ0v) is 8.14. The van der Waals surface area contributed by atoms with Gasteiger partial charge in [0, 0.05) is 32.4 Å². The first-order valence-electron chi connectivity index (χ1n) is 4.37. The van der Waals surface area contributed by atoms with Crippen LogP contribution in [0.5, 0.6) is 0 Å². The third kappa shape index (κ3) is 3.06. The molecule has 0 bridgehead atoms. The van der Waals surface area contributed by atoms with Crippen LogP contribution in [0, 0.1) is 0 Å². The van der Waals surface area contributed by atoms with Crippen LogP contribution in [0.3, 0.4) is 0 Å². The molecule has 0 aromatic carbocycles. The highest BCUT2D eigenvalue weighted by molar-refractivity contribution is 5.81. The minimum Gasteiger partial charge on any atom is -0.409 e. The highest BCUT2D eigenvalue weighted by atomic mass is 16.4. The largest absolute Gasteiger partial charge is 0.409 e. The first kappa shape index (κ1) is 10.5. The summed E-state index contributed by atoms with van der Waals surface area (Å²) in [5.74, 6) is 1.20. The molecule has 78 valence electrons. The van der Waals surface area contributed by atoms with Crippen molar-refractivity contribution in [3.05, 3.63) is 18.2 Å². The molecular formula is C8H15N5O. The molecule has 1 rings (SSSR count). The number of nitrogens with one attached hydrogen (secondary N) is 1. The highest BCUT2D eigenvalue weighted by Gasteiger charge is 1.98. The van der Waals surface area contributed by atoms with Crippen LogP contribution in [0.15, 0.2) is 17.5 Å². The Kier molecular flexibility index (Phi) is 3.93. The summed E-state index contributed by atoms with van der Waals surface area (Å²) >= 11 is 0. The number of hydrogen-bond acceptors (Lipinski definition) is 4. The molecule has 1 aromatic heterocycles. The fourth-order valence-corrected chi connectivity index (χ4v) is 1.09. The number of rotatable bonds is 5. The quantitative estimate of drug-likeness (QED) is 0.191. The summed E-state index contributed by atoms with van der Waals surface area (Å²) in [5, 5.41) is 14.2. The summed E-state index contributed by atoms with van der Waals surface area (Å²) in [6, 6.07) is 0. The summed E-state index contributed by atoms with van der Waals surface area (Å²) in [7, 11) is 1.95. The predicted octanol–water partition coefficient (Wildman–Crippen LogP) is -0.701. The number of hydrogen-bond donors (Lipinski definition) is 3. The van der Waals surface area contributed by atoms with Gasteiger partial charge in [0.25, 0.3) is 0 Å². The van der Waals surface area contributed by atoms with E-state index >= 15 is 0 Å². The van der Waals surface area contributed by atoms with E-state index in [1.165, 1.54) is 0 Å². The Balaban J connectivity index is 2.20. The molecule has 0 fully saturated rings. The zero-order chi connectivity index (χ0) is 10.4. The number of imidazole rings is 1. The van der Waals surface area contributed by atoms with E-state index in [0.29, 0.717) is 6.54 Å². The summed E-state index contributed by atoms with van der Waals surface area (Å²) in [6.45, 7) is 1.14. The monoisotopic (exact) mass is 197 g/mol. The van der Waals surface area contributed by atoms with Gasteiger partial charge in [0.05, 0.1) is 6.54 Å². The van der Waals surface area contributed by atoms with Crippen molar-refractivity contribution in [2.75, 3.05) is 13.1 Å². The molecule has 0 spiro atoms. The van der Waals surface area contributed by atoms with Crippen LogP contribution in [0.2, 0.25) is 0 Å². The minimum atomic E-state index is 0.185. The standard InChI is InChI=1S/C8H15N5O/c1-13-5-4-11-8(13)2-3-10-6-7(9)12-14/h4-5,10,14H,2-3,6H2,1H3,(H2,9,12). The molecule has 1 heterocycles. The van der Waals surface area contributed by atoms with E-state index < -0.39 is 0 Å². The van der Waals surface area contributed by atoms with Gasteiger partial charge in [0.15, 0.2) is 5.84 Å². The second kappa shape index (κ2) is 5.23. The molecule has 6 nitrogen and oxygen atoms in total. The summed E-state index contributed by atoms with van der Waals surface area (Å²) in [4.78, 5) is 4.16. The van der Waals surface area contributed by atoms with Gasteiger partial charge in [-0.05, 0) is 0 Å². The normalized spacial score (nSPS) is 11.9. The maximum Gasteiger partial charge on any atom is 0.153 e. The molecule has 0 aliphatic heterocycles. The first-order valence-corrected chi connectivity index (χ1v) is 4.37. The van der Waals surface area contributed by atoms with Gasteiger partial charge in [-0.3, -0.25) is 0 Å². The molecule has 0 aliphatic carbocycles. The zero-order valence-electron chi connectivity index (χ0n) is 8.14. The van der Waals surface area contributed by atoms with Crippen LogP contribution >= 0.6 is 0 Å². The van der Waals surface area contributed by atoms with E-state index in [0.717, 1.165) is 18.8 Å². The van der Waals surface area contributed by atoms with Crippen molar-refractivity contribution in [3.8, 4) is 0 Å². The Morgan fingerprint density at radius 1 is 1.79 bits per heavy atom. The molecule has 14 heavy (non-hydrogen) atoms. The predicted molar refractivity (Wildman–Crippen MR) is 53.2 cm³/mol.